The number of nitrogens with zero attached hydrogens (tertiary/aromatic N) is 2. The van der Waals surface area contributed by atoms with Crippen LogP contribution in [0.25, 0.3) is 0 Å². The molecule has 0 radical (unpaired) electrons. The third-order valence-corrected chi connectivity index (χ3v) is 3.37. The molecule has 10 heteroatoms. The number of carbonyl (C=O) groups is 1. The molecule has 7 nitrogen and oxygen atoms in total. The van der Waals surface area contributed by atoms with Gasteiger partial charge in [0.15, 0.2) is 0 Å². The number of hydrogen-bond acceptors (Lipinski definition) is 6. The van der Waals surface area contributed by atoms with E-state index in [1.165, 1.54) is 19.2 Å². The first-order valence-electron chi connectivity index (χ1n) is 6.68. The van der Waals surface area contributed by atoms with E-state index in [0.29, 0.717) is 0 Å². The summed E-state index contributed by atoms with van der Waals surface area (Å²) in [5, 5.41) is 8.72. The summed E-state index contributed by atoms with van der Waals surface area (Å²) in [7, 11) is 1.31. The molecule has 1 aliphatic heterocycles. The Balaban J connectivity index is 2.28. The molecule has 1 amide bonds. The van der Waals surface area contributed by atoms with Crippen molar-refractivity contribution in [1.29, 1.82) is 0 Å². The maximum atomic E-state index is 13.0. The number of carbonyl (C=O) groups excluding carboxylic acids is 1. The van der Waals surface area contributed by atoms with Gasteiger partial charge in [0.1, 0.15) is 5.75 Å². The summed E-state index contributed by atoms with van der Waals surface area (Å²) in [6.07, 6.45) is -4.67. The lowest BCUT2D eigenvalue weighted by molar-refractivity contribution is -0.166. The largest absolute Gasteiger partial charge is 0.496 e. The number of nitrogens with two attached hydrogens (primary N) is 2. The van der Waals surface area contributed by atoms with Crippen molar-refractivity contribution in [2.45, 2.75) is 17.9 Å². The molecular weight excluding hydrogens is 315 g/mol. The number of benzene rings is 1. The van der Waals surface area contributed by atoms with Gasteiger partial charge in [-0.05, 0) is 12.1 Å². The van der Waals surface area contributed by atoms with E-state index in [1.54, 1.807) is 0 Å². The average Bonchev–Trinajstić information content (AvgIpc) is 3.33. The normalized spacial score (nSPS) is 16.8. The van der Waals surface area contributed by atoms with Crippen LogP contribution in [0.3, 0.4) is 0 Å². The fraction of sp³-hybridized carbons (Fsp3) is 0.462. The zero-order valence-corrected chi connectivity index (χ0v) is 12.2. The van der Waals surface area contributed by atoms with Crippen LogP contribution in [0.5, 0.6) is 5.75 Å². The molecule has 23 heavy (non-hydrogen) atoms. The van der Waals surface area contributed by atoms with Crippen LogP contribution in [0.2, 0.25) is 0 Å². The Morgan fingerprint density at radius 1 is 1.43 bits per heavy atom. The highest BCUT2D eigenvalue weighted by Gasteiger charge is 2.65. The Morgan fingerprint density at radius 2 is 2.09 bits per heavy atom. The summed E-state index contributed by atoms with van der Waals surface area (Å²) >= 11 is 0. The number of methoxy groups -OCH3 is 1. The second kappa shape index (κ2) is 6.13. The van der Waals surface area contributed by atoms with Gasteiger partial charge in [-0.2, -0.15) is 13.2 Å². The maximum Gasteiger partial charge on any atom is 0.442 e. The van der Waals surface area contributed by atoms with Gasteiger partial charge < -0.3 is 21.5 Å². The van der Waals surface area contributed by atoms with E-state index in [9.17, 15) is 18.0 Å². The first kappa shape index (κ1) is 17.2. The SMILES string of the molecule is COc1ccc(C2(C(F)(F)F)N=N2)cc1C(=O)NCC(N)CN. The van der Waals surface area contributed by atoms with E-state index < -0.39 is 23.8 Å². The highest BCUT2D eigenvalue weighted by atomic mass is 19.4. The van der Waals surface area contributed by atoms with Crippen LogP contribution in [0, 0.1) is 0 Å². The lowest BCUT2D eigenvalue weighted by atomic mass is 9.99. The van der Waals surface area contributed by atoms with Crippen LogP contribution >= 0.6 is 0 Å². The van der Waals surface area contributed by atoms with E-state index in [4.69, 9.17) is 16.2 Å². The molecule has 1 aliphatic rings. The van der Waals surface area contributed by atoms with Crippen LogP contribution in [0.4, 0.5) is 13.2 Å². The lowest BCUT2D eigenvalue weighted by Gasteiger charge is -2.17. The Morgan fingerprint density at radius 3 is 2.57 bits per heavy atom. The average molecular weight is 331 g/mol. The van der Waals surface area contributed by atoms with Crippen molar-refractivity contribution in [1.82, 2.24) is 5.32 Å². The third kappa shape index (κ3) is 3.27. The lowest BCUT2D eigenvalue weighted by Crippen LogP contribution is -2.42. The number of ether oxygens (including phenoxy) is 1. The Labute approximate surface area is 129 Å². The minimum Gasteiger partial charge on any atom is -0.496 e. The minimum atomic E-state index is -4.67. The van der Waals surface area contributed by atoms with Crippen LogP contribution in [-0.2, 0) is 5.66 Å². The number of rotatable bonds is 6. The molecule has 5 N–H and O–H groups in total. The number of halogens is 3. The van der Waals surface area contributed by atoms with E-state index in [0.717, 1.165) is 6.07 Å². The molecule has 0 fully saturated rings. The fourth-order valence-corrected chi connectivity index (χ4v) is 1.95. The van der Waals surface area contributed by atoms with E-state index >= 15 is 0 Å². The molecule has 1 aromatic carbocycles. The van der Waals surface area contributed by atoms with Gasteiger partial charge in [-0.1, -0.05) is 6.07 Å². The second-order valence-electron chi connectivity index (χ2n) is 4.99. The van der Waals surface area contributed by atoms with E-state index in [1.807, 2.05) is 0 Å². The minimum absolute atomic E-state index is 0.0600. The quantitative estimate of drug-likeness (QED) is 0.718. The third-order valence-electron chi connectivity index (χ3n) is 3.37. The summed E-state index contributed by atoms with van der Waals surface area (Å²) < 4.78 is 44.2. The van der Waals surface area contributed by atoms with Crippen LogP contribution in [0.15, 0.2) is 28.4 Å². The van der Waals surface area contributed by atoms with Gasteiger partial charge in [-0.3, -0.25) is 4.79 Å². The molecule has 1 atom stereocenters. The number of amides is 1. The number of nitrogens with one attached hydrogen (secondary N) is 1. The summed E-state index contributed by atoms with van der Waals surface area (Å²) in [6, 6.07) is 3.05. The molecule has 0 bridgehead atoms. The molecule has 1 aromatic rings. The molecule has 0 aromatic heterocycles. The van der Waals surface area contributed by atoms with Crippen molar-refractivity contribution >= 4 is 5.91 Å². The molecule has 0 spiro atoms. The van der Waals surface area contributed by atoms with Crippen LogP contribution < -0.4 is 21.5 Å². The maximum absolute atomic E-state index is 13.0. The Bertz CT molecular complexity index is 627. The Hall–Kier alpha value is -2.20. The predicted octanol–water partition coefficient (Wildman–Crippen LogP) is 0.892. The summed E-state index contributed by atoms with van der Waals surface area (Å²) in [5.41, 5.74) is 8.02. The molecule has 1 heterocycles. The molecule has 0 saturated heterocycles. The van der Waals surface area contributed by atoms with Gasteiger partial charge in [0.2, 0.25) is 0 Å². The summed E-state index contributed by atoms with van der Waals surface area (Å²) in [4.78, 5) is 12.2. The summed E-state index contributed by atoms with van der Waals surface area (Å²) in [5.74, 6) is -0.490. The van der Waals surface area contributed by atoms with Crippen molar-refractivity contribution in [2.75, 3.05) is 20.2 Å². The topological polar surface area (TPSA) is 115 Å². The van der Waals surface area contributed by atoms with Gasteiger partial charge >= 0.3 is 11.8 Å². The van der Waals surface area contributed by atoms with E-state index in [-0.39, 0.29) is 30.0 Å². The number of alkyl halides is 3. The van der Waals surface area contributed by atoms with Gasteiger partial charge in [0.05, 0.1) is 12.7 Å². The Kier molecular flexibility index (Phi) is 4.57. The molecule has 0 saturated carbocycles. The molecule has 1 unspecified atom stereocenters. The van der Waals surface area contributed by atoms with Crippen molar-refractivity contribution in [2.24, 2.45) is 21.7 Å². The predicted molar refractivity (Wildman–Crippen MR) is 74.9 cm³/mol. The molecule has 2 rings (SSSR count). The molecule has 126 valence electrons. The van der Waals surface area contributed by atoms with Gasteiger partial charge in [0, 0.05) is 24.7 Å². The van der Waals surface area contributed by atoms with Crippen LogP contribution in [0.1, 0.15) is 15.9 Å². The van der Waals surface area contributed by atoms with Crippen molar-refractivity contribution in [3.05, 3.63) is 29.3 Å². The smallest absolute Gasteiger partial charge is 0.442 e. The first-order chi connectivity index (χ1) is 10.7. The zero-order valence-electron chi connectivity index (χ0n) is 12.2. The molecular formula is C13H16F3N5O2. The van der Waals surface area contributed by atoms with E-state index in [2.05, 4.69) is 15.5 Å². The van der Waals surface area contributed by atoms with Crippen molar-refractivity contribution in [3.8, 4) is 5.75 Å². The monoisotopic (exact) mass is 331 g/mol. The standard InChI is InChI=1S/C13H16F3N5O2/c1-23-10-3-2-7(12(20-21-12)13(14,15)16)4-9(10)11(22)19-6-8(18)5-17/h2-4,8H,5-6,17-18H2,1H3,(H,19,22). The van der Waals surface area contributed by atoms with Crippen LogP contribution in [-0.4, -0.2) is 38.3 Å². The van der Waals surface area contributed by atoms with Gasteiger partial charge in [-0.25, -0.2) is 0 Å². The zero-order chi connectivity index (χ0) is 17.3. The second-order valence-corrected chi connectivity index (χ2v) is 4.99. The summed E-state index contributed by atoms with van der Waals surface area (Å²) in [6.45, 7) is 0.244. The highest BCUT2D eigenvalue weighted by molar-refractivity contribution is 5.97. The van der Waals surface area contributed by atoms with Gasteiger partial charge in [-0.15, -0.1) is 10.2 Å². The first-order valence-corrected chi connectivity index (χ1v) is 6.68. The van der Waals surface area contributed by atoms with Gasteiger partial charge in [0.25, 0.3) is 5.91 Å². The van der Waals surface area contributed by atoms with Crippen molar-refractivity contribution in [3.63, 3.8) is 0 Å². The van der Waals surface area contributed by atoms with Crippen molar-refractivity contribution < 1.29 is 22.7 Å². The fourth-order valence-electron chi connectivity index (χ4n) is 1.95. The highest BCUT2D eigenvalue weighted by Crippen LogP contribution is 2.52. The molecule has 0 aliphatic carbocycles. The number of hydrogen-bond donors (Lipinski definition) is 3.